The van der Waals surface area contributed by atoms with Gasteiger partial charge in [-0.3, -0.25) is 4.79 Å². The lowest BCUT2D eigenvalue weighted by atomic mass is 10.2. The molecule has 0 unspecified atom stereocenters. The Labute approximate surface area is 59.3 Å². The average molecular weight is 142 g/mol. The molecule has 0 atom stereocenters. The summed E-state index contributed by atoms with van der Waals surface area (Å²) in [6.07, 6.45) is 1.65. The van der Waals surface area contributed by atoms with E-state index in [0.717, 1.165) is 5.76 Å². The van der Waals surface area contributed by atoms with Gasteiger partial charge in [0.15, 0.2) is 5.60 Å². The topological polar surface area (TPSA) is 49.8 Å². The molecule has 1 aliphatic rings. The molecule has 10 heavy (non-hydrogen) atoms. The van der Waals surface area contributed by atoms with Crippen molar-refractivity contribution in [1.82, 2.24) is 0 Å². The Bertz CT molecular complexity index is 191. The largest absolute Gasteiger partial charge is 0.481 e. The summed E-state index contributed by atoms with van der Waals surface area (Å²) >= 11 is 0. The monoisotopic (exact) mass is 142 g/mol. The summed E-state index contributed by atoms with van der Waals surface area (Å²) < 4.78 is 5.05. The Morgan fingerprint density at radius 3 is 2.60 bits per heavy atom. The van der Waals surface area contributed by atoms with E-state index in [2.05, 4.69) is 0 Å². The summed E-state index contributed by atoms with van der Waals surface area (Å²) in [6.45, 7) is 3.81. The second-order valence-electron chi connectivity index (χ2n) is 2.78. The minimum absolute atomic E-state index is 0.0543. The predicted octanol–water partition coefficient (Wildman–Crippen LogP) is 1.15. The van der Waals surface area contributed by atoms with Crippen molar-refractivity contribution >= 4 is 5.97 Å². The van der Waals surface area contributed by atoms with Crippen molar-refractivity contribution < 1.29 is 14.6 Å². The van der Waals surface area contributed by atoms with Gasteiger partial charge in [0.2, 0.25) is 0 Å². The van der Waals surface area contributed by atoms with Gasteiger partial charge in [-0.25, -0.2) is 0 Å². The zero-order chi connectivity index (χ0) is 7.78. The number of ether oxygens (including phenoxy) is 1. The molecule has 0 aromatic carbocycles. The standard InChI is InChI=1S/C7H10O3/c1-7(2)5(10-7)3-4-6(8)9/h3H,4H2,1-2H3,(H,8,9)/b5-3-. The van der Waals surface area contributed by atoms with Crippen LogP contribution in [0.3, 0.4) is 0 Å². The molecular formula is C7H10O3. The fourth-order valence-electron chi connectivity index (χ4n) is 0.717. The second kappa shape index (κ2) is 2.01. The highest BCUT2D eigenvalue weighted by molar-refractivity contribution is 5.68. The normalized spacial score (nSPS) is 24.0. The number of hydrogen-bond donors (Lipinski definition) is 1. The van der Waals surface area contributed by atoms with Gasteiger partial charge in [-0.2, -0.15) is 0 Å². The van der Waals surface area contributed by atoms with Crippen LogP contribution in [0.25, 0.3) is 0 Å². The SMILES string of the molecule is CC1(C)O/C1=C\CC(=O)O. The van der Waals surface area contributed by atoms with E-state index in [-0.39, 0.29) is 12.0 Å². The summed E-state index contributed by atoms with van der Waals surface area (Å²) in [7, 11) is 0. The Kier molecular flexibility index (Phi) is 1.43. The molecule has 0 bridgehead atoms. The summed E-state index contributed by atoms with van der Waals surface area (Å²) in [5.74, 6) is -0.0336. The maximum absolute atomic E-state index is 10.0. The number of hydrogen-bond acceptors (Lipinski definition) is 2. The van der Waals surface area contributed by atoms with E-state index >= 15 is 0 Å². The van der Waals surface area contributed by atoms with E-state index in [4.69, 9.17) is 9.84 Å². The smallest absolute Gasteiger partial charge is 0.307 e. The second-order valence-corrected chi connectivity index (χ2v) is 2.78. The summed E-state index contributed by atoms with van der Waals surface area (Å²) in [6, 6.07) is 0. The number of carboxylic acid groups (broad SMARTS) is 1. The molecule has 56 valence electrons. The van der Waals surface area contributed by atoms with Crippen LogP contribution < -0.4 is 0 Å². The maximum Gasteiger partial charge on any atom is 0.307 e. The zero-order valence-electron chi connectivity index (χ0n) is 6.05. The highest BCUT2D eigenvalue weighted by Gasteiger charge is 2.42. The molecule has 3 nitrogen and oxygen atoms in total. The molecule has 1 aliphatic heterocycles. The van der Waals surface area contributed by atoms with Gasteiger partial charge in [0.1, 0.15) is 5.76 Å². The lowest BCUT2D eigenvalue weighted by Gasteiger charge is -1.82. The van der Waals surface area contributed by atoms with Crippen LogP contribution in [0.4, 0.5) is 0 Å². The highest BCUT2D eigenvalue weighted by atomic mass is 16.6. The van der Waals surface area contributed by atoms with Crippen LogP contribution in [0.5, 0.6) is 0 Å². The van der Waals surface area contributed by atoms with Crippen LogP contribution in [0.15, 0.2) is 11.8 Å². The molecule has 3 heteroatoms. The van der Waals surface area contributed by atoms with Crippen molar-refractivity contribution in [1.29, 1.82) is 0 Å². The minimum Gasteiger partial charge on any atom is -0.481 e. The lowest BCUT2D eigenvalue weighted by Crippen LogP contribution is -1.93. The van der Waals surface area contributed by atoms with Crippen LogP contribution in [0, 0.1) is 0 Å². The van der Waals surface area contributed by atoms with E-state index in [9.17, 15) is 4.79 Å². The number of aliphatic carboxylic acids is 1. The summed E-state index contributed by atoms with van der Waals surface area (Å²) in [5, 5.41) is 8.26. The zero-order valence-corrected chi connectivity index (χ0v) is 6.05. The first kappa shape index (κ1) is 7.12. The van der Waals surface area contributed by atoms with Crippen molar-refractivity contribution in [3.8, 4) is 0 Å². The molecule has 1 saturated heterocycles. The fraction of sp³-hybridized carbons (Fsp3) is 0.571. The van der Waals surface area contributed by atoms with Crippen LogP contribution in [0.1, 0.15) is 20.3 Å². The van der Waals surface area contributed by atoms with Gasteiger partial charge >= 0.3 is 5.97 Å². The van der Waals surface area contributed by atoms with E-state index in [0.29, 0.717) is 0 Å². The number of rotatable bonds is 2. The number of epoxide rings is 1. The first-order valence-corrected chi connectivity index (χ1v) is 3.14. The van der Waals surface area contributed by atoms with Gasteiger partial charge in [-0.1, -0.05) is 0 Å². The van der Waals surface area contributed by atoms with Crippen molar-refractivity contribution in [2.24, 2.45) is 0 Å². The predicted molar refractivity (Wildman–Crippen MR) is 35.5 cm³/mol. The van der Waals surface area contributed by atoms with E-state index < -0.39 is 5.97 Å². The quantitative estimate of drug-likeness (QED) is 0.588. The molecule has 0 radical (unpaired) electrons. The molecule has 1 fully saturated rings. The van der Waals surface area contributed by atoms with Gasteiger partial charge in [0.05, 0.1) is 6.42 Å². The molecule has 0 aromatic rings. The van der Waals surface area contributed by atoms with Gasteiger partial charge in [-0.15, -0.1) is 0 Å². The molecule has 1 N–H and O–H groups in total. The maximum atomic E-state index is 10.0. The Balaban J connectivity index is 2.39. The van der Waals surface area contributed by atoms with Gasteiger partial charge in [0, 0.05) is 0 Å². The first-order chi connectivity index (χ1) is 4.52. The van der Waals surface area contributed by atoms with Gasteiger partial charge in [-0.05, 0) is 19.9 Å². The van der Waals surface area contributed by atoms with Crippen LogP contribution >= 0.6 is 0 Å². The summed E-state index contributed by atoms with van der Waals surface area (Å²) in [4.78, 5) is 10.0. The molecular weight excluding hydrogens is 132 g/mol. The third-order valence-corrected chi connectivity index (χ3v) is 1.38. The molecule has 1 heterocycles. The number of carbonyl (C=O) groups is 1. The average Bonchev–Trinajstić information content (AvgIpc) is 2.35. The van der Waals surface area contributed by atoms with E-state index in [1.54, 1.807) is 6.08 Å². The Morgan fingerprint density at radius 2 is 2.30 bits per heavy atom. The summed E-state index contributed by atoms with van der Waals surface area (Å²) in [5.41, 5.74) is -0.199. The van der Waals surface area contributed by atoms with Crippen molar-refractivity contribution in [2.45, 2.75) is 25.9 Å². The van der Waals surface area contributed by atoms with Crippen molar-refractivity contribution in [3.63, 3.8) is 0 Å². The lowest BCUT2D eigenvalue weighted by molar-refractivity contribution is -0.136. The van der Waals surface area contributed by atoms with Crippen LogP contribution in [-0.2, 0) is 9.53 Å². The molecule has 0 amide bonds. The van der Waals surface area contributed by atoms with Crippen molar-refractivity contribution in [3.05, 3.63) is 11.8 Å². The van der Waals surface area contributed by atoms with Crippen molar-refractivity contribution in [2.75, 3.05) is 0 Å². The number of carboxylic acids is 1. The molecule has 0 aromatic heterocycles. The van der Waals surface area contributed by atoms with Crippen LogP contribution in [-0.4, -0.2) is 16.7 Å². The molecule has 0 aliphatic carbocycles. The van der Waals surface area contributed by atoms with Crippen LogP contribution in [0.2, 0.25) is 0 Å². The van der Waals surface area contributed by atoms with E-state index in [1.807, 2.05) is 13.8 Å². The van der Waals surface area contributed by atoms with Gasteiger partial charge in [0.25, 0.3) is 0 Å². The van der Waals surface area contributed by atoms with E-state index in [1.165, 1.54) is 0 Å². The molecule has 0 spiro atoms. The third-order valence-electron chi connectivity index (χ3n) is 1.38. The first-order valence-electron chi connectivity index (χ1n) is 3.14. The highest BCUT2D eigenvalue weighted by Crippen LogP contribution is 2.39. The molecule has 1 rings (SSSR count). The third kappa shape index (κ3) is 1.50. The minimum atomic E-state index is -0.821. The van der Waals surface area contributed by atoms with Gasteiger partial charge < -0.3 is 9.84 Å². The Hall–Kier alpha value is -0.990. The Morgan fingerprint density at radius 1 is 1.80 bits per heavy atom. The fourth-order valence-corrected chi connectivity index (χ4v) is 0.717. The molecule has 0 saturated carbocycles.